The van der Waals surface area contributed by atoms with Crippen molar-refractivity contribution in [3.63, 3.8) is 0 Å². The van der Waals surface area contributed by atoms with Crippen LogP contribution in [0.4, 0.5) is 5.69 Å². The van der Waals surface area contributed by atoms with Crippen LogP contribution >= 0.6 is 0 Å². The Kier molecular flexibility index (Phi) is 2.59. The molecule has 0 amide bonds. The molecule has 4 heteroatoms. The third-order valence-corrected chi connectivity index (χ3v) is 2.58. The van der Waals surface area contributed by atoms with Gasteiger partial charge in [-0.1, -0.05) is 0 Å². The van der Waals surface area contributed by atoms with E-state index in [1.54, 1.807) is 12.1 Å². The molecule has 0 saturated heterocycles. The van der Waals surface area contributed by atoms with Crippen molar-refractivity contribution in [1.82, 2.24) is 0 Å². The highest BCUT2D eigenvalue weighted by molar-refractivity contribution is 5.98. The highest BCUT2D eigenvalue weighted by atomic mass is 16.5. The SMILES string of the molecule is CC1(C)CNc2cc(C(=O)CN)ccc2O1. The first-order valence-electron chi connectivity index (χ1n) is 5.32. The Morgan fingerprint density at radius 2 is 2.31 bits per heavy atom. The molecule has 0 radical (unpaired) electrons. The second-order valence-electron chi connectivity index (χ2n) is 4.55. The quantitative estimate of drug-likeness (QED) is 0.740. The van der Waals surface area contributed by atoms with E-state index in [-0.39, 0.29) is 17.9 Å². The van der Waals surface area contributed by atoms with Crippen molar-refractivity contribution in [1.29, 1.82) is 0 Å². The van der Waals surface area contributed by atoms with E-state index in [2.05, 4.69) is 5.32 Å². The molecule has 0 atom stereocenters. The van der Waals surface area contributed by atoms with E-state index >= 15 is 0 Å². The fraction of sp³-hybridized carbons (Fsp3) is 0.417. The van der Waals surface area contributed by atoms with Gasteiger partial charge in [0, 0.05) is 5.56 Å². The van der Waals surface area contributed by atoms with Crippen LogP contribution in [0.1, 0.15) is 24.2 Å². The van der Waals surface area contributed by atoms with E-state index in [9.17, 15) is 4.79 Å². The van der Waals surface area contributed by atoms with E-state index in [0.29, 0.717) is 5.56 Å². The van der Waals surface area contributed by atoms with E-state index in [1.807, 2.05) is 19.9 Å². The molecule has 3 N–H and O–H groups in total. The number of ketones is 1. The lowest BCUT2D eigenvalue weighted by atomic mass is 10.0. The number of carbonyl (C=O) groups is 1. The van der Waals surface area contributed by atoms with Gasteiger partial charge in [-0.05, 0) is 32.0 Å². The van der Waals surface area contributed by atoms with Gasteiger partial charge in [-0.2, -0.15) is 0 Å². The second-order valence-corrected chi connectivity index (χ2v) is 4.55. The maximum atomic E-state index is 11.4. The van der Waals surface area contributed by atoms with Gasteiger partial charge in [0.1, 0.15) is 11.4 Å². The first kappa shape index (κ1) is 11.0. The summed E-state index contributed by atoms with van der Waals surface area (Å²) in [5, 5.41) is 3.25. The molecular formula is C12H16N2O2. The van der Waals surface area contributed by atoms with Gasteiger partial charge >= 0.3 is 0 Å². The van der Waals surface area contributed by atoms with Gasteiger partial charge in [-0.25, -0.2) is 0 Å². The first-order valence-corrected chi connectivity index (χ1v) is 5.32. The summed E-state index contributed by atoms with van der Waals surface area (Å²) in [6.07, 6.45) is 0. The van der Waals surface area contributed by atoms with Crippen LogP contribution in [0.25, 0.3) is 0 Å². The minimum absolute atomic E-state index is 0.0329. The van der Waals surface area contributed by atoms with Gasteiger partial charge in [-0.3, -0.25) is 4.79 Å². The largest absolute Gasteiger partial charge is 0.484 e. The number of rotatable bonds is 2. The molecule has 1 aliphatic rings. The van der Waals surface area contributed by atoms with Gasteiger partial charge < -0.3 is 15.8 Å². The van der Waals surface area contributed by atoms with Gasteiger partial charge in [0.15, 0.2) is 5.78 Å². The summed E-state index contributed by atoms with van der Waals surface area (Å²) in [6, 6.07) is 5.35. The molecule has 4 nitrogen and oxygen atoms in total. The van der Waals surface area contributed by atoms with Crippen LogP contribution in [0, 0.1) is 0 Å². The number of Topliss-reactive ketones (excluding diaryl/α,β-unsaturated/α-hetero) is 1. The molecular weight excluding hydrogens is 204 g/mol. The Labute approximate surface area is 94.8 Å². The van der Waals surface area contributed by atoms with E-state index in [1.165, 1.54) is 0 Å². The zero-order chi connectivity index (χ0) is 11.8. The van der Waals surface area contributed by atoms with Crippen molar-refractivity contribution < 1.29 is 9.53 Å². The maximum Gasteiger partial charge on any atom is 0.176 e. The molecule has 1 aromatic rings. The lowest BCUT2D eigenvalue weighted by molar-refractivity contribution is 0.100. The minimum Gasteiger partial charge on any atom is -0.484 e. The molecule has 0 saturated carbocycles. The number of nitrogens with two attached hydrogens (primary N) is 1. The normalized spacial score (nSPS) is 16.9. The second kappa shape index (κ2) is 3.79. The standard InChI is InChI=1S/C12H16N2O2/c1-12(2)7-14-9-5-8(10(15)6-13)3-4-11(9)16-12/h3-5,14H,6-7,13H2,1-2H3. The monoisotopic (exact) mass is 220 g/mol. The van der Waals surface area contributed by atoms with Crippen LogP contribution in [-0.2, 0) is 0 Å². The number of fused-ring (bicyclic) bond motifs is 1. The van der Waals surface area contributed by atoms with Crippen LogP contribution in [0.5, 0.6) is 5.75 Å². The third kappa shape index (κ3) is 2.02. The zero-order valence-corrected chi connectivity index (χ0v) is 9.54. The summed E-state index contributed by atoms with van der Waals surface area (Å²) in [6.45, 7) is 4.79. The highest BCUT2D eigenvalue weighted by Crippen LogP contribution is 2.33. The first-order chi connectivity index (χ1) is 7.52. The van der Waals surface area contributed by atoms with Crippen LogP contribution in [0.2, 0.25) is 0 Å². The van der Waals surface area contributed by atoms with Crippen LogP contribution in [0.3, 0.4) is 0 Å². The number of anilines is 1. The number of hydrogen-bond donors (Lipinski definition) is 2. The molecule has 16 heavy (non-hydrogen) atoms. The van der Waals surface area contributed by atoms with Gasteiger partial charge in [0.05, 0.1) is 18.8 Å². The summed E-state index contributed by atoms with van der Waals surface area (Å²) in [7, 11) is 0. The lowest BCUT2D eigenvalue weighted by Crippen LogP contribution is -2.40. The Bertz CT molecular complexity index is 427. The fourth-order valence-corrected chi connectivity index (χ4v) is 1.69. The molecule has 0 unspecified atom stereocenters. The summed E-state index contributed by atoms with van der Waals surface area (Å²) < 4.78 is 5.78. The lowest BCUT2D eigenvalue weighted by Gasteiger charge is -2.33. The number of ether oxygens (including phenoxy) is 1. The van der Waals surface area contributed by atoms with Gasteiger partial charge in [0.2, 0.25) is 0 Å². The van der Waals surface area contributed by atoms with E-state index < -0.39 is 0 Å². The van der Waals surface area contributed by atoms with Crippen molar-refractivity contribution in [2.45, 2.75) is 19.4 Å². The molecule has 0 spiro atoms. The number of benzene rings is 1. The fourth-order valence-electron chi connectivity index (χ4n) is 1.69. The summed E-state index contributed by atoms with van der Waals surface area (Å²) in [5.41, 5.74) is 6.59. The summed E-state index contributed by atoms with van der Waals surface area (Å²) in [4.78, 5) is 11.4. The number of hydrogen-bond acceptors (Lipinski definition) is 4. The minimum atomic E-state index is -0.216. The van der Waals surface area contributed by atoms with Crippen LogP contribution in [-0.4, -0.2) is 24.5 Å². The molecule has 0 aromatic heterocycles. The molecule has 0 aliphatic carbocycles. The molecule has 1 aliphatic heterocycles. The highest BCUT2D eigenvalue weighted by Gasteiger charge is 2.26. The third-order valence-electron chi connectivity index (χ3n) is 2.58. The molecule has 1 heterocycles. The van der Waals surface area contributed by atoms with Gasteiger partial charge in [-0.15, -0.1) is 0 Å². The molecule has 1 aromatic carbocycles. The maximum absolute atomic E-state index is 11.4. The Hall–Kier alpha value is -1.55. The molecule has 86 valence electrons. The Morgan fingerprint density at radius 1 is 1.56 bits per heavy atom. The van der Waals surface area contributed by atoms with Crippen molar-refractivity contribution in [3.8, 4) is 5.75 Å². The average molecular weight is 220 g/mol. The topological polar surface area (TPSA) is 64.4 Å². The number of carbonyl (C=O) groups excluding carboxylic acids is 1. The van der Waals surface area contributed by atoms with Crippen molar-refractivity contribution >= 4 is 11.5 Å². The Balaban J connectivity index is 2.32. The smallest absolute Gasteiger partial charge is 0.176 e. The van der Waals surface area contributed by atoms with E-state index in [0.717, 1.165) is 18.0 Å². The predicted molar refractivity (Wildman–Crippen MR) is 63.0 cm³/mol. The number of nitrogens with one attached hydrogen (secondary N) is 1. The summed E-state index contributed by atoms with van der Waals surface area (Å²) >= 11 is 0. The molecule has 0 bridgehead atoms. The van der Waals surface area contributed by atoms with Crippen molar-refractivity contribution in [2.75, 3.05) is 18.4 Å². The average Bonchev–Trinajstić information content (AvgIpc) is 2.26. The van der Waals surface area contributed by atoms with E-state index in [4.69, 9.17) is 10.5 Å². The zero-order valence-electron chi connectivity index (χ0n) is 9.54. The van der Waals surface area contributed by atoms with Crippen molar-refractivity contribution in [2.24, 2.45) is 5.73 Å². The van der Waals surface area contributed by atoms with Crippen LogP contribution in [0.15, 0.2) is 18.2 Å². The van der Waals surface area contributed by atoms with Gasteiger partial charge in [0.25, 0.3) is 0 Å². The molecule has 0 fully saturated rings. The predicted octanol–water partition coefficient (Wildman–Crippen LogP) is 1.41. The van der Waals surface area contributed by atoms with Crippen molar-refractivity contribution in [3.05, 3.63) is 23.8 Å². The Morgan fingerprint density at radius 3 is 3.00 bits per heavy atom. The summed E-state index contributed by atoms with van der Waals surface area (Å²) in [5.74, 6) is 0.722. The molecule has 2 rings (SSSR count). The van der Waals surface area contributed by atoms with Crippen LogP contribution < -0.4 is 15.8 Å².